The summed E-state index contributed by atoms with van der Waals surface area (Å²) in [6.07, 6.45) is 2.94. The molecule has 0 saturated heterocycles. The van der Waals surface area contributed by atoms with Crippen LogP contribution in [0.5, 0.6) is 0 Å². The molecule has 0 N–H and O–H groups in total. The number of hydrogen-bond donors (Lipinski definition) is 0. The number of hydrogen-bond acceptors (Lipinski definition) is 4. The molecule has 2 rings (SSSR count). The van der Waals surface area contributed by atoms with Crippen LogP contribution in [-0.4, -0.2) is 41.1 Å². The normalized spacial score (nSPS) is 11.1. The highest BCUT2D eigenvalue weighted by Gasteiger charge is 2.21. The van der Waals surface area contributed by atoms with Gasteiger partial charge < -0.3 is 9.32 Å². The van der Waals surface area contributed by atoms with E-state index in [4.69, 9.17) is 16.0 Å². The molecule has 0 spiro atoms. The molecule has 2 heterocycles. The number of carbonyl (C=O) groups is 1. The fourth-order valence-corrected chi connectivity index (χ4v) is 1.80. The minimum absolute atomic E-state index is 0.249. The maximum Gasteiger partial charge on any atom is 0.247 e. The summed E-state index contributed by atoms with van der Waals surface area (Å²) in [5.74, 6) is 0.0183. The lowest BCUT2D eigenvalue weighted by atomic mass is 10.2. The van der Waals surface area contributed by atoms with Crippen LogP contribution in [0.1, 0.15) is 16.2 Å². The molecule has 0 aliphatic carbocycles. The smallest absolute Gasteiger partial charge is 0.247 e. The van der Waals surface area contributed by atoms with Crippen molar-refractivity contribution in [1.29, 1.82) is 0 Å². The van der Waals surface area contributed by atoms with E-state index in [1.54, 1.807) is 16.8 Å². The lowest BCUT2D eigenvalue weighted by Crippen LogP contribution is -2.21. The largest absolute Gasteiger partial charge is 0.461 e. The topological polar surface area (TPSA) is 51.3 Å². The van der Waals surface area contributed by atoms with Crippen LogP contribution in [-0.2, 0) is 6.54 Å². The van der Waals surface area contributed by atoms with Gasteiger partial charge in [0.1, 0.15) is 5.69 Å². The molecule has 0 saturated carbocycles. The summed E-state index contributed by atoms with van der Waals surface area (Å²) in [6, 6.07) is 3.28. The molecule has 0 fully saturated rings. The second kappa shape index (κ2) is 5.37. The third-order valence-corrected chi connectivity index (χ3v) is 2.79. The third-order valence-electron chi connectivity index (χ3n) is 2.51. The van der Waals surface area contributed by atoms with E-state index in [1.165, 1.54) is 12.5 Å². The molecule has 0 aliphatic heterocycles. The molecule has 0 bridgehead atoms. The molecule has 0 aliphatic rings. The quantitative estimate of drug-likeness (QED) is 0.777. The molecule has 0 amide bonds. The summed E-state index contributed by atoms with van der Waals surface area (Å²) < 4.78 is 6.70. The van der Waals surface area contributed by atoms with Crippen LogP contribution >= 0.6 is 11.6 Å². The van der Waals surface area contributed by atoms with E-state index in [9.17, 15) is 4.79 Å². The van der Waals surface area contributed by atoms with Crippen molar-refractivity contribution in [2.24, 2.45) is 0 Å². The number of rotatable bonds is 5. The monoisotopic (exact) mass is 267 g/mol. The molecule has 0 aromatic carbocycles. The van der Waals surface area contributed by atoms with Gasteiger partial charge in [-0.05, 0) is 26.2 Å². The van der Waals surface area contributed by atoms with Gasteiger partial charge in [-0.15, -0.1) is 0 Å². The zero-order valence-electron chi connectivity index (χ0n) is 10.3. The zero-order valence-corrected chi connectivity index (χ0v) is 11.0. The maximum absolute atomic E-state index is 12.2. The number of halogens is 1. The molecule has 6 heteroatoms. The van der Waals surface area contributed by atoms with Gasteiger partial charge in [-0.25, -0.2) is 0 Å². The molecule has 18 heavy (non-hydrogen) atoms. The van der Waals surface area contributed by atoms with Crippen molar-refractivity contribution in [3.05, 3.63) is 41.1 Å². The van der Waals surface area contributed by atoms with Crippen molar-refractivity contribution >= 4 is 17.4 Å². The number of furan rings is 1. The van der Waals surface area contributed by atoms with E-state index in [1.807, 2.05) is 19.0 Å². The van der Waals surface area contributed by atoms with Crippen molar-refractivity contribution in [2.75, 3.05) is 20.6 Å². The van der Waals surface area contributed by atoms with Crippen LogP contribution in [0.4, 0.5) is 0 Å². The number of likely N-dealkylation sites (N-methyl/N-ethyl adjacent to an activating group) is 1. The van der Waals surface area contributed by atoms with Crippen molar-refractivity contribution in [3.8, 4) is 0 Å². The molecule has 0 unspecified atom stereocenters. The average molecular weight is 268 g/mol. The van der Waals surface area contributed by atoms with Crippen LogP contribution in [0.25, 0.3) is 0 Å². The number of aromatic nitrogens is 2. The first-order valence-corrected chi connectivity index (χ1v) is 5.91. The predicted octanol–water partition coefficient (Wildman–Crippen LogP) is 1.92. The fraction of sp³-hybridized carbons (Fsp3) is 0.333. The number of nitrogens with zero attached hydrogens (tertiary/aromatic N) is 3. The Morgan fingerprint density at radius 1 is 1.56 bits per heavy atom. The Morgan fingerprint density at radius 2 is 2.33 bits per heavy atom. The Balaban J connectivity index is 2.26. The first kappa shape index (κ1) is 12.9. The Kier molecular flexibility index (Phi) is 3.84. The number of carbonyl (C=O) groups excluding carboxylic acids is 1. The minimum Gasteiger partial charge on any atom is -0.461 e. The Bertz CT molecular complexity index is 532. The summed E-state index contributed by atoms with van der Waals surface area (Å²) in [7, 11) is 3.91. The fourth-order valence-electron chi connectivity index (χ4n) is 1.58. The molecule has 2 aromatic rings. The molecular formula is C12H14ClN3O2. The summed E-state index contributed by atoms with van der Waals surface area (Å²) in [5.41, 5.74) is 0.369. The predicted molar refractivity (Wildman–Crippen MR) is 67.9 cm³/mol. The summed E-state index contributed by atoms with van der Waals surface area (Å²) in [6.45, 7) is 1.37. The third kappa shape index (κ3) is 2.63. The van der Waals surface area contributed by atoms with E-state index >= 15 is 0 Å². The first-order valence-electron chi connectivity index (χ1n) is 5.54. The van der Waals surface area contributed by atoms with Crippen LogP contribution in [0.2, 0.25) is 5.02 Å². The second-order valence-corrected chi connectivity index (χ2v) is 4.58. The van der Waals surface area contributed by atoms with Gasteiger partial charge in [0.05, 0.1) is 24.0 Å². The number of ketones is 1. The molecule has 0 atom stereocenters. The summed E-state index contributed by atoms with van der Waals surface area (Å²) in [4.78, 5) is 14.2. The Labute approximate surface area is 110 Å². The lowest BCUT2D eigenvalue weighted by molar-refractivity contribution is 0.0998. The Hall–Kier alpha value is -1.59. The molecule has 96 valence electrons. The van der Waals surface area contributed by atoms with Crippen molar-refractivity contribution in [1.82, 2.24) is 14.7 Å². The SMILES string of the molecule is CN(C)CCn1ncc(Cl)c1C(=O)c1ccco1. The van der Waals surface area contributed by atoms with Gasteiger partial charge in [0.15, 0.2) is 5.76 Å². The average Bonchev–Trinajstić information content (AvgIpc) is 2.94. The molecular weight excluding hydrogens is 254 g/mol. The molecule has 0 radical (unpaired) electrons. The van der Waals surface area contributed by atoms with Crippen molar-refractivity contribution in [2.45, 2.75) is 6.54 Å². The minimum atomic E-state index is -0.249. The second-order valence-electron chi connectivity index (χ2n) is 4.17. The van der Waals surface area contributed by atoms with Crippen molar-refractivity contribution in [3.63, 3.8) is 0 Å². The molecule has 5 nitrogen and oxygen atoms in total. The van der Waals surface area contributed by atoms with Gasteiger partial charge in [-0.1, -0.05) is 11.6 Å². The van der Waals surface area contributed by atoms with Crippen molar-refractivity contribution < 1.29 is 9.21 Å². The van der Waals surface area contributed by atoms with E-state index in [0.717, 1.165) is 6.54 Å². The first-order chi connectivity index (χ1) is 8.59. The lowest BCUT2D eigenvalue weighted by Gasteiger charge is -2.11. The van der Waals surface area contributed by atoms with Crippen LogP contribution in [0.15, 0.2) is 29.0 Å². The van der Waals surface area contributed by atoms with Gasteiger partial charge in [-0.3, -0.25) is 9.48 Å². The van der Waals surface area contributed by atoms with E-state index in [2.05, 4.69) is 5.10 Å². The van der Waals surface area contributed by atoms with Gasteiger partial charge in [0.25, 0.3) is 0 Å². The van der Waals surface area contributed by atoms with Gasteiger partial charge in [-0.2, -0.15) is 5.10 Å². The Morgan fingerprint density at radius 3 is 2.94 bits per heavy atom. The summed E-state index contributed by atoms with van der Waals surface area (Å²) in [5, 5.41) is 4.46. The van der Waals surface area contributed by atoms with Crippen LogP contribution < -0.4 is 0 Å². The van der Waals surface area contributed by atoms with Crippen LogP contribution in [0, 0.1) is 0 Å². The van der Waals surface area contributed by atoms with E-state index in [-0.39, 0.29) is 11.5 Å². The highest BCUT2D eigenvalue weighted by Crippen LogP contribution is 2.19. The van der Waals surface area contributed by atoms with Gasteiger partial charge in [0, 0.05) is 6.54 Å². The van der Waals surface area contributed by atoms with Gasteiger partial charge >= 0.3 is 0 Å². The van der Waals surface area contributed by atoms with Gasteiger partial charge in [0.2, 0.25) is 5.78 Å². The van der Waals surface area contributed by atoms with E-state index < -0.39 is 0 Å². The van der Waals surface area contributed by atoms with Crippen LogP contribution in [0.3, 0.4) is 0 Å². The standard InChI is InChI=1S/C12H14ClN3O2/c1-15(2)5-6-16-11(9(13)8-14-16)12(17)10-4-3-7-18-10/h3-4,7-8H,5-6H2,1-2H3. The highest BCUT2D eigenvalue weighted by atomic mass is 35.5. The summed E-state index contributed by atoms with van der Waals surface area (Å²) >= 11 is 6.01. The zero-order chi connectivity index (χ0) is 13.1. The molecule has 2 aromatic heterocycles. The highest BCUT2D eigenvalue weighted by molar-refractivity contribution is 6.34. The van der Waals surface area contributed by atoms with E-state index in [0.29, 0.717) is 17.3 Å². The maximum atomic E-state index is 12.2.